The third kappa shape index (κ3) is 2.67. The van der Waals surface area contributed by atoms with Gasteiger partial charge in [-0.1, -0.05) is 0 Å². The van der Waals surface area contributed by atoms with Gasteiger partial charge in [-0.2, -0.15) is 0 Å². The summed E-state index contributed by atoms with van der Waals surface area (Å²) >= 11 is 0. The molecule has 0 spiro atoms. The molecule has 1 aromatic rings. The molecule has 1 aromatic carbocycles. The second-order valence-corrected chi connectivity index (χ2v) is 4.50. The highest BCUT2D eigenvalue weighted by atomic mass is 19.1. The third-order valence-electron chi connectivity index (χ3n) is 3.28. The summed E-state index contributed by atoms with van der Waals surface area (Å²) in [7, 11) is 1.84. The van der Waals surface area contributed by atoms with E-state index in [1.54, 1.807) is 4.90 Å². The number of hydrogen-bond acceptors (Lipinski definition) is 2. The van der Waals surface area contributed by atoms with Crippen molar-refractivity contribution in [2.75, 3.05) is 20.1 Å². The lowest BCUT2D eigenvalue weighted by molar-refractivity contribution is 0.0693. The molecule has 1 atom stereocenters. The van der Waals surface area contributed by atoms with Crippen molar-refractivity contribution in [3.05, 3.63) is 35.4 Å². The van der Waals surface area contributed by atoms with Crippen LogP contribution in [0.2, 0.25) is 0 Å². The average molecular weight is 254 g/mol. The lowest BCUT2D eigenvalue weighted by atomic mass is 10.0. The summed E-state index contributed by atoms with van der Waals surface area (Å²) in [5.74, 6) is -1.84. The summed E-state index contributed by atoms with van der Waals surface area (Å²) in [4.78, 5) is 13.7. The van der Waals surface area contributed by atoms with Crippen molar-refractivity contribution < 1.29 is 13.6 Å². The van der Waals surface area contributed by atoms with Crippen LogP contribution < -0.4 is 5.32 Å². The molecule has 0 aliphatic carbocycles. The minimum atomic E-state index is -0.799. The number of nitrogens with one attached hydrogen (secondary N) is 1. The van der Waals surface area contributed by atoms with Crippen LogP contribution in [0.25, 0.3) is 0 Å². The number of likely N-dealkylation sites (N-methyl/N-ethyl adjacent to an activating group) is 1. The van der Waals surface area contributed by atoms with Crippen LogP contribution in [-0.4, -0.2) is 37.0 Å². The van der Waals surface area contributed by atoms with Crippen molar-refractivity contribution in [3.8, 4) is 0 Å². The second-order valence-electron chi connectivity index (χ2n) is 4.50. The molecule has 0 unspecified atom stereocenters. The molecule has 0 aromatic heterocycles. The molecule has 0 saturated carbocycles. The van der Waals surface area contributed by atoms with Crippen LogP contribution in [0.3, 0.4) is 0 Å². The number of amides is 1. The van der Waals surface area contributed by atoms with Gasteiger partial charge < -0.3 is 10.2 Å². The van der Waals surface area contributed by atoms with E-state index in [4.69, 9.17) is 0 Å². The van der Waals surface area contributed by atoms with E-state index in [2.05, 4.69) is 5.32 Å². The number of carbonyl (C=O) groups is 1. The summed E-state index contributed by atoms with van der Waals surface area (Å²) < 4.78 is 26.3. The Bertz CT molecular complexity index is 451. The van der Waals surface area contributed by atoms with Gasteiger partial charge in [0.2, 0.25) is 0 Å². The Balaban J connectivity index is 2.15. The summed E-state index contributed by atoms with van der Waals surface area (Å²) in [6.07, 6.45) is 1.90. The van der Waals surface area contributed by atoms with E-state index in [0.717, 1.165) is 25.0 Å². The van der Waals surface area contributed by atoms with Crippen molar-refractivity contribution in [2.45, 2.75) is 18.9 Å². The van der Waals surface area contributed by atoms with Crippen molar-refractivity contribution in [1.82, 2.24) is 10.2 Å². The Kier molecular flexibility index (Phi) is 3.91. The summed E-state index contributed by atoms with van der Waals surface area (Å²) in [6.45, 7) is 1.18. The van der Waals surface area contributed by atoms with E-state index in [-0.39, 0.29) is 17.5 Å². The lowest BCUT2D eigenvalue weighted by Gasteiger charge is -2.32. The smallest absolute Gasteiger partial charge is 0.256 e. The number of likely N-dealkylation sites (tertiary alicyclic amines) is 1. The van der Waals surface area contributed by atoms with Gasteiger partial charge in [-0.15, -0.1) is 0 Å². The first-order valence-corrected chi connectivity index (χ1v) is 6.03. The maximum absolute atomic E-state index is 13.5. The topological polar surface area (TPSA) is 32.3 Å². The number of piperidine rings is 1. The Morgan fingerprint density at radius 2 is 2.22 bits per heavy atom. The molecule has 1 aliphatic rings. The van der Waals surface area contributed by atoms with Crippen molar-refractivity contribution in [1.29, 1.82) is 0 Å². The minimum Gasteiger partial charge on any atom is -0.337 e. The molecule has 0 radical (unpaired) electrons. The molecular formula is C13H16F2N2O. The largest absolute Gasteiger partial charge is 0.337 e. The van der Waals surface area contributed by atoms with Gasteiger partial charge in [-0.05, 0) is 32.0 Å². The van der Waals surface area contributed by atoms with Crippen LogP contribution in [-0.2, 0) is 0 Å². The van der Waals surface area contributed by atoms with Gasteiger partial charge in [-0.25, -0.2) is 8.78 Å². The highest BCUT2D eigenvalue weighted by molar-refractivity contribution is 5.94. The first kappa shape index (κ1) is 13.0. The van der Waals surface area contributed by atoms with Crippen LogP contribution in [0.15, 0.2) is 18.2 Å². The van der Waals surface area contributed by atoms with Crippen LogP contribution in [0.1, 0.15) is 23.2 Å². The molecule has 98 valence electrons. The first-order valence-electron chi connectivity index (χ1n) is 6.03. The van der Waals surface area contributed by atoms with Gasteiger partial charge in [0.15, 0.2) is 0 Å². The molecule has 3 nitrogen and oxygen atoms in total. The Hall–Kier alpha value is -1.49. The maximum atomic E-state index is 13.5. The van der Waals surface area contributed by atoms with Crippen LogP contribution in [0.5, 0.6) is 0 Å². The predicted molar refractivity (Wildman–Crippen MR) is 64.3 cm³/mol. The zero-order valence-corrected chi connectivity index (χ0v) is 10.2. The number of hydrogen-bond donors (Lipinski definition) is 1. The van der Waals surface area contributed by atoms with E-state index in [0.29, 0.717) is 13.1 Å². The van der Waals surface area contributed by atoms with Gasteiger partial charge in [0.1, 0.15) is 11.6 Å². The second kappa shape index (κ2) is 5.44. The van der Waals surface area contributed by atoms with E-state index in [1.807, 2.05) is 7.05 Å². The molecule has 1 saturated heterocycles. The Morgan fingerprint density at radius 1 is 1.44 bits per heavy atom. The molecule has 18 heavy (non-hydrogen) atoms. The van der Waals surface area contributed by atoms with Gasteiger partial charge >= 0.3 is 0 Å². The summed E-state index contributed by atoms with van der Waals surface area (Å²) in [5, 5.41) is 3.12. The molecule has 1 amide bonds. The molecular weight excluding hydrogens is 238 g/mol. The average Bonchev–Trinajstić information content (AvgIpc) is 2.38. The van der Waals surface area contributed by atoms with Crippen LogP contribution in [0, 0.1) is 11.6 Å². The molecule has 2 rings (SSSR count). The van der Waals surface area contributed by atoms with Gasteiger partial charge in [0, 0.05) is 25.2 Å². The number of carbonyl (C=O) groups excluding carboxylic acids is 1. The third-order valence-corrected chi connectivity index (χ3v) is 3.28. The van der Waals surface area contributed by atoms with Crippen molar-refractivity contribution in [2.24, 2.45) is 0 Å². The molecule has 5 heteroatoms. The monoisotopic (exact) mass is 254 g/mol. The molecule has 1 aliphatic heterocycles. The number of benzene rings is 1. The first-order chi connectivity index (χ1) is 8.61. The minimum absolute atomic E-state index is 0.0619. The standard InChI is InChI=1S/C13H16F2N2O/c1-16-10-3-2-6-17(8-10)13(18)11-5-4-9(14)7-12(11)15/h4-5,7,10,16H,2-3,6,8H2,1H3/t10-/m1/s1. The highest BCUT2D eigenvalue weighted by Gasteiger charge is 2.25. The highest BCUT2D eigenvalue weighted by Crippen LogP contribution is 2.16. The number of nitrogens with zero attached hydrogens (tertiary/aromatic N) is 1. The van der Waals surface area contributed by atoms with E-state index in [1.165, 1.54) is 6.07 Å². The molecule has 1 heterocycles. The molecule has 1 N–H and O–H groups in total. The van der Waals surface area contributed by atoms with Gasteiger partial charge in [0.25, 0.3) is 5.91 Å². The van der Waals surface area contributed by atoms with Crippen LogP contribution in [0.4, 0.5) is 8.78 Å². The van der Waals surface area contributed by atoms with Crippen molar-refractivity contribution in [3.63, 3.8) is 0 Å². The van der Waals surface area contributed by atoms with E-state index in [9.17, 15) is 13.6 Å². The fourth-order valence-corrected chi connectivity index (χ4v) is 2.23. The zero-order valence-electron chi connectivity index (χ0n) is 10.2. The fraction of sp³-hybridized carbons (Fsp3) is 0.462. The fourth-order valence-electron chi connectivity index (χ4n) is 2.23. The number of rotatable bonds is 2. The number of halogens is 2. The molecule has 0 bridgehead atoms. The predicted octanol–water partition coefficient (Wildman–Crippen LogP) is 1.79. The SMILES string of the molecule is CN[C@@H]1CCCN(C(=O)c2ccc(F)cc2F)C1. The normalized spacial score (nSPS) is 19.9. The van der Waals surface area contributed by atoms with Crippen LogP contribution >= 0.6 is 0 Å². The summed E-state index contributed by atoms with van der Waals surface area (Å²) in [5.41, 5.74) is -0.0619. The zero-order chi connectivity index (χ0) is 13.1. The molecule has 1 fully saturated rings. The van der Waals surface area contributed by atoms with E-state index < -0.39 is 11.6 Å². The van der Waals surface area contributed by atoms with Gasteiger partial charge in [0.05, 0.1) is 5.56 Å². The lowest BCUT2D eigenvalue weighted by Crippen LogP contribution is -2.47. The van der Waals surface area contributed by atoms with E-state index >= 15 is 0 Å². The maximum Gasteiger partial charge on any atom is 0.256 e. The Labute approximate surface area is 105 Å². The quantitative estimate of drug-likeness (QED) is 0.872. The Morgan fingerprint density at radius 3 is 2.89 bits per heavy atom. The van der Waals surface area contributed by atoms with Crippen molar-refractivity contribution >= 4 is 5.91 Å². The van der Waals surface area contributed by atoms with Gasteiger partial charge in [-0.3, -0.25) is 4.79 Å². The summed E-state index contributed by atoms with van der Waals surface area (Å²) in [6, 6.07) is 3.30.